The Hall–Kier alpha value is -2.83. The number of nitrogens with one attached hydrogen (secondary N) is 2. The number of hydrogen-bond acceptors (Lipinski definition) is 5. The minimum absolute atomic E-state index is 0.107. The first kappa shape index (κ1) is 16.2. The molecular formula is C14H17N3O4. The van der Waals surface area contributed by atoms with Crippen LogP contribution in [0.4, 0.5) is 10.5 Å². The van der Waals surface area contributed by atoms with Crippen LogP contribution in [0.2, 0.25) is 0 Å². The maximum absolute atomic E-state index is 11.6. The number of ether oxygens (including phenoxy) is 1. The summed E-state index contributed by atoms with van der Waals surface area (Å²) in [6, 6.07) is 6.18. The summed E-state index contributed by atoms with van der Waals surface area (Å²) in [5.41, 5.74) is 1.74. The predicted octanol–water partition coefficient (Wildman–Crippen LogP) is 1.74. The van der Waals surface area contributed by atoms with Gasteiger partial charge in [-0.1, -0.05) is 29.9 Å². The van der Waals surface area contributed by atoms with Crippen molar-refractivity contribution >= 4 is 23.4 Å². The summed E-state index contributed by atoms with van der Waals surface area (Å²) in [5.74, 6) is -0.546. The van der Waals surface area contributed by atoms with Crippen molar-refractivity contribution in [2.45, 2.75) is 6.92 Å². The van der Waals surface area contributed by atoms with Crippen molar-refractivity contribution in [3.05, 3.63) is 42.5 Å². The summed E-state index contributed by atoms with van der Waals surface area (Å²) in [5, 5.41) is 16.6. The van der Waals surface area contributed by atoms with E-state index in [0.29, 0.717) is 11.4 Å². The van der Waals surface area contributed by atoms with Crippen molar-refractivity contribution in [3.8, 4) is 0 Å². The molecule has 1 aromatic rings. The Morgan fingerprint density at radius 1 is 1.38 bits per heavy atom. The minimum Gasteiger partial charge on any atom is -0.460 e. The van der Waals surface area contributed by atoms with Gasteiger partial charge < -0.3 is 20.6 Å². The highest BCUT2D eigenvalue weighted by Crippen LogP contribution is 2.10. The summed E-state index contributed by atoms with van der Waals surface area (Å²) in [6.07, 6.45) is 1.44. The van der Waals surface area contributed by atoms with Crippen LogP contribution in [0.25, 0.3) is 0 Å². The van der Waals surface area contributed by atoms with Crippen LogP contribution in [0.5, 0.6) is 0 Å². The van der Waals surface area contributed by atoms with Gasteiger partial charge in [0.15, 0.2) is 0 Å². The lowest BCUT2D eigenvalue weighted by Crippen LogP contribution is -2.34. The molecule has 0 saturated heterocycles. The quantitative estimate of drug-likeness (QED) is 0.244. The molecule has 1 aromatic carbocycles. The van der Waals surface area contributed by atoms with E-state index in [9.17, 15) is 9.59 Å². The number of hydrogen-bond donors (Lipinski definition) is 3. The van der Waals surface area contributed by atoms with Crippen molar-refractivity contribution in [1.82, 2.24) is 5.32 Å². The van der Waals surface area contributed by atoms with Crippen LogP contribution in [0.3, 0.4) is 0 Å². The number of carbonyl (C=O) groups excluding carboxylic acids is 2. The van der Waals surface area contributed by atoms with Gasteiger partial charge >= 0.3 is 12.0 Å². The Bertz CT molecular complexity index is 538. The SMILES string of the molecule is C=CCOC(=O)CNC(=O)Nc1ccc(C(C)=NO)cc1. The van der Waals surface area contributed by atoms with Gasteiger partial charge in [-0.05, 0) is 24.6 Å². The fourth-order valence-corrected chi connectivity index (χ4v) is 1.38. The van der Waals surface area contributed by atoms with Crippen LogP contribution >= 0.6 is 0 Å². The Morgan fingerprint density at radius 2 is 2.05 bits per heavy atom. The van der Waals surface area contributed by atoms with Crippen molar-refractivity contribution in [2.75, 3.05) is 18.5 Å². The number of anilines is 1. The van der Waals surface area contributed by atoms with Crippen LogP contribution in [0.15, 0.2) is 42.1 Å². The third kappa shape index (κ3) is 5.77. The third-order valence-corrected chi connectivity index (χ3v) is 2.47. The van der Waals surface area contributed by atoms with Crippen LogP contribution in [0, 0.1) is 0 Å². The van der Waals surface area contributed by atoms with Crippen molar-refractivity contribution < 1.29 is 19.5 Å². The summed E-state index contributed by atoms with van der Waals surface area (Å²) < 4.78 is 4.71. The van der Waals surface area contributed by atoms with Gasteiger partial charge in [0.2, 0.25) is 0 Å². The second-order valence-corrected chi connectivity index (χ2v) is 4.04. The lowest BCUT2D eigenvalue weighted by atomic mass is 10.1. The molecule has 7 nitrogen and oxygen atoms in total. The molecule has 0 radical (unpaired) electrons. The second kappa shape index (κ2) is 8.36. The zero-order chi connectivity index (χ0) is 15.7. The molecule has 112 valence electrons. The fraction of sp³-hybridized carbons (Fsp3) is 0.214. The molecule has 0 aromatic heterocycles. The fourth-order valence-electron chi connectivity index (χ4n) is 1.38. The van der Waals surface area contributed by atoms with E-state index in [2.05, 4.69) is 22.4 Å². The van der Waals surface area contributed by atoms with E-state index in [0.717, 1.165) is 5.56 Å². The lowest BCUT2D eigenvalue weighted by molar-refractivity contribution is -0.141. The molecule has 1 rings (SSSR count). The third-order valence-electron chi connectivity index (χ3n) is 2.47. The van der Waals surface area contributed by atoms with Crippen LogP contribution < -0.4 is 10.6 Å². The summed E-state index contributed by atoms with van der Waals surface area (Å²) >= 11 is 0. The zero-order valence-corrected chi connectivity index (χ0v) is 11.6. The average Bonchev–Trinajstić information content (AvgIpc) is 2.50. The van der Waals surface area contributed by atoms with Gasteiger partial charge in [0.05, 0.1) is 5.71 Å². The molecule has 3 N–H and O–H groups in total. The van der Waals surface area contributed by atoms with Gasteiger partial charge in [-0.2, -0.15) is 0 Å². The zero-order valence-electron chi connectivity index (χ0n) is 11.6. The number of nitrogens with zero attached hydrogens (tertiary/aromatic N) is 1. The topological polar surface area (TPSA) is 100 Å². The molecular weight excluding hydrogens is 274 g/mol. The van der Waals surface area contributed by atoms with E-state index in [-0.39, 0.29) is 13.2 Å². The molecule has 21 heavy (non-hydrogen) atoms. The highest BCUT2D eigenvalue weighted by atomic mass is 16.5. The summed E-state index contributed by atoms with van der Waals surface area (Å²) in [4.78, 5) is 22.7. The number of rotatable bonds is 6. The summed E-state index contributed by atoms with van der Waals surface area (Å²) in [7, 11) is 0. The van der Waals surface area contributed by atoms with E-state index < -0.39 is 12.0 Å². The first-order valence-corrected chi connectivity index (χ1v) is 6.17. The highest BCUT2D eigenvalue weighted by Gasteiger charge is 2.06. The predicted molar refractivity (Wildman–Crippen MR) is 78.6 cm³/mol. The Balaban J connectivity index is 2.44. The van der Waals surface area contributed by atoms with Crippen molar-refractivity contribution in [3.63, 3.8) is 0 Å². The van der Waals surface area contributed by atoms with Gasteiger partial charge in [-0.25, -0.2) is 4.79 Å². The second-order valence-electron chi connectivity index (χ2n) is 4.04. The number of urea groups is 1. The number of carbonyl (C=O) groups is 2. The van der Waals surface area contributed by atoms with Crippen LogP contribution in [0.1, 0.15) is 12.5 Å². The Labute approximate surface area is 122 Å². The summed E-state index contributed by atoms with van der Waals surface area (Å²) in [6.45, 7) is 4.94. The molecule has 0 unspecified atom stereocenters. The number of amides is 2. The smallest absolute Gasteiger partial charge is 0.325 e. The van der Waals surface area contributed by atoms with E-state index in [1.165, 1.54) is 6.08 Å². The molecule has 0 atom stereocenters. The first-order valence-electron chi connectivity index (χ1n) is 6.17. The van der Waals surface area contributed by atoms with Gasteiger partial charge in [0.25, 0.3) is 0 Å². The molecule has 0 spiro atoms. The normalized spacial score (nSPS) is 10.6. The minimum atomic E-state index is -0.546. The molecule has 0 aliphatic heterocycles. The molecule has 2 amide bonds. The first-order chi connectivity index (χ1) is 10.1. The maximum Gasteiger partial charge on any atom is 0.325 e. The van der Waals surface area contributed by atoms with Crippen LogP contribution in [-0.4, -0.2) is 36.1 Å². The molecule has 0 fully saturated rings. The molecule has 0 saturated carbocycles. The number of esters is 1. The van der Waals surface area contributed by atoms with Crippen molar-refractivity contribution in [1.29, 1.82) is 0 Å². The van der Waals surface area contributed by atoms with E-state index in [1.54, 1.807) is 31.2 Å². The molecule has 0 aliphatic rings. The molecule has 0 heterocycles. The van der Waals surface area contributed by atoms with Gasteiger partial charge in [-0.15, -0.1) is 0 Å². The highest BCUT2D eigenvalue weighted by molar-refractivity contribution is 5.99. The van der Waals surface area contributed by atoms with Crippen molar-refractivity contribution in [2.24, 2.45) is 5.16 Å². The maximum atomic E-state index is 11.6. The van der Waals surface area contributed by atoms with E-state index in [4.69, 9.17) is 9.94 Å². The molecule has 0 aliphatic carbocycles. The average molecular weight is 291 g/mol. The Morgan fingerprint density at radius 3 is 2.62 bits per heavy atom. The van der Waals surface area contributed by atoms with Gasteiger partial charge in [-0.3, -0.25) is 4.79 Å². The van der Waals surface area contributed by atoms with E-state index >= 15 is 0 Å². The molecule has 7 heteroatoms. The van der Waals surface area contributed by atoms with Gasteiger partial charge in [0, 0.05) is 5.69 Å². The standard InChI is InChI=1S/C14H17N3O4/c1-3-8-21-13(18)9-15-14(19)16-12-6-4-11(5-7-12)10(2)17-20/h3-7,20H,1,8-9H2,2H3,(H2,15,16,19). The van der Waals surface area contributed by atoms with Gasteiger partial charge in [0.1, 0.15) is 13.2 Å². The largest absolute Gasteiger partial charge is 0.460 e. The number of oxime groups is 1. The Kier molecular flexibility index (Phi) is 6.46. The van der Waals surface area contributed by atoms with E-state index in [1.807, 2.05) is 0 Å². The van der Waals surface area contributed by atoms with Crippen LogP contribution in [-0.2, 0) is 9.53 Å². The lowest BCUT2D eigenvalue weighted by Gasteiger charge is -2.08. The monoisotopic (exact) mass is 291 g/mol. The molecule has 0 bridgehead atoms. The number of benzene rings is 1.